The third-order valence-corrected chi connectivity index (χ3v) is 1.37. The van der Waals surface area contributed by atoms with E-state index in [0.29, 0.717) is 5.76 Å². The van der Waals surface area contributed by atoms with Crippen molar-refractivity contribution in [3.63, 3.8) is 0 Å². The van der Waals surface area contributed by atoms with E-state index >= 15 is 0 Å². The topological polar surface area (TPSA) is 18.5 Å². The van der Waals surface area contributed by atoms with E-state index < -0.39 is 0 Å². The fourth-order valence-electron chi connectivity index (χ4n) is 0.895. The molecule has 0 amide bonds. The summed E-state index contributed by atoms with van der Waals surface area (Å²) < 4.78 is 10.3. The number of rotatable bonds is 4. The maximum Gasteiger partial charge on any atom is 0.160 e. The summed E-state index contributed by atoms with van der Waals surface area (Å²) in [5, 5.41) is 0. The van der Waals surface area contributed by atoms with Gasteiger partial charge in [-0.15, -0.1) is 0 Å². The van der Waals surface area contributed by atoms with E-state index in [1.807, 2.05) is 27.7 Å². The quantitative estimate of drug-likeness (QED) is 0.507. The Bertz CT molecular complexity index is 208. The average Bonchev–Trinajstić information content (AvgIpc) is 2.20. The first-order chi connectivity index (χ1) is 6.67. The summed E-state index contributed by atoms with van der Waals surface area (Å²) in [5.74, 6) is 1.46. The van der Waals surface area contributed by atoms with Gasteiger partial charge in [0.15, 0.2) is 11.5 Å². The van der Waals surface area contributed by atoms with Crippen LogP contribution in [0.2, 0.25) is 0 Å². The van der Waals surface area contributed by atoms with E-state index in [0.717, 1.165) is 11.3 Å². The highest BCUT2D eigenvalue weighted by molar-refractivity contribution is 5.26. The number of hydrogen-bond donors (Lipinski definition) is 0. The number of allylic oxidation sites excluding steroid dienone is 3. The van der Waals surface area contributed by atoms with Crippen molar-refractivity contribution in [2.45, 2.75) is 27.7 Å². The van der Waals surface area contributed by atoms with E-state index in [-0.39, 0.29) is 0 Å². The van der Waals surface area contributed by atoms with Crippen molar-refractivity contribution >= 4 is 0 Å². The third-order valence-electron chi connectivity index (χ3n) is 1.37. The predicted molar refractivity (Wildman–Crippen MR) is 62.0 cm³/mol. The molecule has 0 saturated carbocycles. The Morgan fingerprint density at radius 2 is 1.57 bits per heavy atom. The van der Waals surface area contributed by atoms with Crippen molar-refractivity contribution in [2.24, 2.45) is 0 Å². The minimum absolute atomic E-state index is 0.701. The Kier molecular flexibility index (Phi) is 10.8. The molecule has 2 nitrogen and oxygen atoms in total. The van der Waals surface area contributed by atoms with Gasteiger partial charge in [0, 0.05) is 0 Å². The van der Waals surface area contributed by atoms with Crippen LogP contribution in [0.1, 0.15) is 27.7 Å². The van der Waals surface area contributed by atoms with E-state index in [9.17, 15) is 0 Å². The highest BCUT2D eigenvalue weighted by Crippen LogP contribution is 2.15. The van der Waals surface area contributed by atoms with Gasteiger partial charge < -0.3 is 9.47 Å². The molecule has 0 rings (SSSR count). The van der Waals surface area contributed by atoms with Crippen LogP contribution in [-0.2, 0) is 9.47 Å². The Balaban J connectivity index is 0. The zero-order valence-corrected chi connectivity index (χ0v) is 10.2. The van der Waals surface area contributed by atoms with E-state index in [4.69, 9.17) is 9.47 Å². The Hall–Kier alpha value is -1.18. The molecule has 0 bridgehead atoms. The fourth-order valence-corrected chi connectivity index (χ4v) is 0.895. The lowest BCUT2D eigenvalue weighted by molar-refractivity contribution is 0.217. The van der Waals surface area contributed by atoms with Gasteiger partial charge in [-0.3, -0.25) is 0 Å². The molecule has 0 aromatic carbocycles. The normalized spacial score (nSPS) is 9.43. The van der Waals surface area contributed by atoms with E-state index in [1.165, 1.54) is 0 Å². The molecule has 0 N–H and O–H groups in total. The van der Waals surface area contributed by atoms with Gasteiger partial charge >= 0.3 is 0 Å². The molecule has 0 radical (unpaired) electrons. The molecule has 0 atom stereocenters. The molecule has 0 aromatic rings. The summed E-state index contributed by atoms with van der Waals surface area (Å²) in [6.07, 6.45) is 3.44. The third kappa shape index (κ3) is 5.46. The average molecular weight is 198 g/mol. The zero-order chi connectivity index (χ0) is 11.6. The molecule has 0 unspecified atom stereocenters. The lowest BCUT2D eigenvalue weighted by Gasteiger charge is -2.10. The number of methoxy groups -OCH3 is 2. The van der Waals surface area contributed by atoms with Crippen LogP contribution in [0, 0.1) is 0 Å². The first-order valence-electron chi connectivity index (χ1n) is 4.76. The van der Waals surface area contributed by atoms with Gasteiger partial charge in [-0.05, 0) is 25.5 Å². The SMILES string of the molecule is C=C/C=C(/OC)C(OC)=C(C)C.CC. The highest BCUT2D eigenvalue weighted by Gasteiger charge is 2.05. The van der Waals surface area contributed by atoms with Crippen molar-refractivity contribution in [1.82, 2.24) is 0 Å². The first kappa shape index (κ1) is 15.3. The molecule has 0 aliphatic heterocycles. The summed E-state index contributed by atoms with van der Waals surface area (Å²) >= 11 is 0. The first-order valence-corrected chi connectivity index (χ1v) is 4.76. The van der Waals surface area contributed by atoms with Crippen LogP contribution in [0.25, 0.3) is 0 Å². The minimum atomic E-state index is 0.701. The van der Waals surface area contributed by atoms with Crippen LogP contribution in [0.4, 0.5) is 0 Å². The van der Waals surface area contributed by atoms with Gasteiger partial charge in [0.05, 0.1) is 14.2 Å². The van der Waals surface area contributed by atoms with Crippen LogP contribution in [-0.4, -0.2) is 14.2 Å². The van der Waals surface area contributed by atoms with Crippen LogP contribution in [0.5, 0.6) is 0 Å². The summed E-state index contributed by atoms with van der Waals surface area (Å²) in [4.78, 5) is 0. The molecular formula is C12H22O2. The molecule has 0 aliphatic carbocycles. The number of hydrogen-bond acceptors (Lipinski definition) is 2. The van der Waals surface area contributed by atoms with Gasteiger partial charge in [0.25, 0.3) is 0 Å². The van der Waals surface area contributed by atoms with E-state index in [1.54, 1.807) is 26.4 Å². The minimum Gasteiger partial charge on any atom is -0.493 e. The van der Waals surface area contributed by atoms with Crippen LogP contribution < -0.4 is 0 Å². The lowest BCUT2D eigenvalue weighted by atomic mass is 10.2. The second-order valence-corrected chi connectivity index (χ2v) is 2.50. The Morgan fingerprint density at radius 3 is 1.79 bits per heavy atom. The summed E-state index contributed by atoms with van der Waals surface area (Å²) in [5.41, 5.74) is 1.08. The second kappa shape index (κ2) is 9.90. The summed E-state index contributed by atoms with van der Waals surface area (Å²) in [7, 11) is 3.23. The predicted octanol–water partition coefficient (Wildman–Crippen LogP) is 3.67. The van der Waals surface area contributed by atoms with Gasteiger partial charge in [-0.2, -0.15) is 0 Å². The molecule has 0 spiro atoms. The molecule has 0 heterocycles. The van der Waals surface area contributed by atoms with Gasteiger partial charge in [0.2, 0.25) is 0 Å². The van der Waals surface area contributed by atoms with E-state index in [2.05, 4.69) is 6.58 Å². The van der Waals surface area contributed by atoms with Crippen LogP contribution >= 0.6 is 0 Å². The molecule has 0 fully saturated rings. The van der Waals surface area contributed by atoms with Gasteiger partial charge in [0.1, 0.15) is 0 Å². The summed E-state index contributed by atoms with van der Waals surface area (Å²) in [6.45, 7) is 11.5. The molecular weight excluding hydrogens is 176 g/mol. The van der Waals surface area contributed by atoms with Crippen molar-refractivity contribution < 1.29 is 9.47 Å². The van der Waals surface area contributed by atoms with Crippen molar-refractivity contribution in [1.29, 1.82) is 0 Å². The second-order valence-electron chi connectivity index (χ2n) is 2.50. The molecule has 14 heavy (non-hydrogen) atoms. The maximum absolute atomic E-state index is 5.16. The largest absolute Gasteiger partial charge is 0.493 e. The van der Waals surface area contributed by atoms with Crippen molar-refractivity contribution in [3.8, 4) is 0 Å². The number of ether oxygens (including phenoxy) is 2. The van der Waals surface area contributed by atoms with Crippen molar-refractivity contribution in [3.05, 3.63) is 35.8 Å². The molecule has 0 saturated heterocycles. The van der Waals surface area contributed by atoms with Crippen LogP contribution in [0.15, 0.2) is 35.8 Å². The standard InChI is InChI=1S/C10H16O2.C2H6/c1-6-7-9(11-4)10(12-5)8(2)3;1-2/h6-7H,1H2,2-5H3;1-2H3/b9-7+;. The molecule has 82 valence electrons. The van der Waals surface area contributed by atoms with Crippen molar-refractivity contribution in [2.75, 3.05) is 14.2 Å². The molecule has 2 heteroatoms. The Morgan fingerprint density at radius 1 is 1.07 bits per heavy atom. The summed E-state index contributed by atoms with van der Waals surface area (Å²) in [6, 6.07) is 0. The molecule has 0 aliphatic rings. The Labute approximate surface area is 87.9 Å². The van der Waals surface area contributed by atoms with Crippen LogP contribution in [0.3, 0.4) is 0 Å². The smallest absolute Gasteiger partial charge is 0.160 e. The van der Waals surface area contributed by atoms with Gasteiger partial charge in [-0.25, -0.2) is 0 Å². The molecule has 0 aromatic heterocycles. The maximum atomic E-state index is 5.16. The zero-order valence-electron chi connectivity index (χ0n) is 10.2. The monoisotopic (exact) mass is 198 g/mol. The van der Waals surface area contributed by atoms with Gasteiger partial charge in [-0.1, -0.05) is 26.5 Å². The fraction of sp³-hybridized carbons (Fsp3) is 0.500. The lowest BCUT2D eigenvalue weighted by Crippen LogP contribution is -1.97. The highest BCUT2D eigenvalue weighted by atomic mass is 16.5.